The standard InChI is InChI=1S/C20H38N2O4Si/c1-16(18(23)24)21-19(25)22(13-12-17-10-8-7-9-11-17)14-15-26-27(5,6)20(2,3)4/h10,16H,7-9,11-15H2,1-6H3,(H,21,25)(H,23,24)/t16-/m0/s1. The number of hydrogen-bond acceptors (Lipinski definition) is 3. The van der Waals surface area contributed by atoms with Crippen LogP contribution in [0.25, 0.3) is 0 Å². The van der Waals surface area contributed by atoms with Crippen LogP contribution < -0.4 is 5.32 Å². The number of carbonyl (C=O) groups is 2. The van der Waals surface area contributed by atoms with Crippen molar-refractivity contribution in [2.75, 3.05) is 19.7 Å². The maximum absolute atomic E-state index is 12.6. The normalized spacial score (nSPS) is 16.4. The molecule has 0 aliphatic heterocycles. The molecule has 2 amide bonds. The zero-order chi connectivity index (χ0) is 20.7. The van der Waals surface area contributed by atoms with E-state index in [1.54, 1.807) is 4.90 Å². The van der Waals surface area contributed by atoms with Crippen molar-refractivity contribution in [2.45, 2.75) is 84.0 Å². The molecule has 0 aromatic heterocycles. The first kappa shape index (κ1) is 23.7. The van der Waals surface area contributed by atoms with Crippen LogP contribution in [-0.4, -0.2) is 56.1 Å². The fourth-order valence-corrected chi connectivity index (χ4v) is 3.73. The Labute approximate surface area is 165 Å². The van der Waals surface area contributed by atoms with E-state index < -0.39 is 20.3 Å². The molecule has 0 heterocycles. The second-order valence-corrected chi connectivity index (χ2v) is 13.8. The van der Waals surface area contributed by atoms with Crippen LogP contribution in [0.5, 0.6) is 0 Å². The van der Waals surface area contributed by atoms with Gasteiger partial charge in [-0.25, -0.2) is 4.79 Å². The zero-order valence-electron chi connectivity index (χ0n) is 17.9. The molecule has 156 valence electrons. The van der Waals surface area contributed by atoms with Gasteiger partial charge in [-0.15, -0.1) is 0 Å². The van der Waals surface area contributed by atoms with E-state index in [-0.39, 0.29) is 11.1 Å². The number of allylic oxidation sites excluding steroid dienone is 1. The zero-order valence-corrected chi connectivity index (χ0v) is 18.9. The maximum atomic E-state index is 12.6. The molecule has 0 aromatic carbocycles. The Hall–Kier alpha value is -1.34. The highest BCUT2D eigenvalue weighted by atomic mass is 28.4. The van der Waals surface area contributed by atoms with Crippen LogP contribution in [0, 0.1) is 0 Å². The van der Waals surface area contributed by atoms with Crippen LogP contribution in [0.4, 0.5) is 4.79 Å². The number of rotatable bonds is 9. The van der Waals surface area contributed by atoms with E-state index >= 15 is 0 Å². The van der Waals surface area contributed by atoms with Crippen LogP contribution in [0.2, 0.25) is 18.1 Å². The van der Waals surface area contributed by atoms with Gasteiger partial charge in [-0.2, -0.15) is 0 Å². The van der Waals surface area contributed by atoms with Crippen molar-refractivity contribution in [3.63, 3.8) is 0 Å². The van der Waals surface area contributed by atoms with E-state index in [0.29, 0.717) is 19.7 Å². The minimum absolute atomic E-state index is 0.116. The van der Waals surface area contributed by atoms with Crippen molar-refractivity contribution in [3.8, 4) is 0 Å². The number of carbonyl (C=O) groups excluding carboxylic acids is 1. The highest BCUT2D eigenvalue weighted by Crippen LogP contribution is 2.36. The van der Waals surface area contributed by atoms with Crippen molar-refractivity contribution in [1.82, 2.24) is 10.2 Å². The third kappa shape index (κ3) is 8.05. The molecule has 0 spiro atoms. The lowest BCUT2D eigenvalue weighted by Crippen LogP contribution is -2.49. The molecule has 0 aromatic rings. The van der Waals surface area contributed by atoms with Crippen LogP contribution in [0.15, 0.2) is 11.6 Å². The smallest absolute Gasteiger partial charge is 0.325 e. The molecular formula is C20H38N2O4Si. The van der Waals surface area contributed by atoms with Gasteiger partial charge in [0.25, 0.3) is 0 Å². The van der Waals surface area contributed by atoms with E-state index in [0.717, 1.165) is 19.3 Å². The Morgan fingerprint density at radius 2 is 1.96 bits per heavy atom. The fraction of sp³-hybridized carbons (Fsp3) is 0.800. The number of urea groups is 1. The molecule has 1 aliphatic rings. The molecule has 6 nitrogen and oxygen atoms in total. The van der Waals surface area contributed by atoms with Gasteiger partial charge in [0.2, 0.25) is 0 Å². The van der Waals surface area contributed by atoms with Crippen molar-refractivity contribution in [1.29, 1.82) is 0 Å². The van der Waals surface area contributed by atoms with Crippen LogP contribution in [0.1, 0.15) is 59.8 Å². The quantitative estimate of drug-likeness (QED) is 0.446. The number of amides is 2. The van der Waals surface area contributed by atoms with Crippen molar-refractivity contribution in [2.24, 2.45) is 0 Å². The van der Waals surface area contributed by atoms with Crippen LogP contribution >= 0.6 is 0 Å². The fourth-order valence-electron chi connectivity index (χ4n) is 2.69. The number of carboxylic acids is 1. The summed E-state index contributed by atoms with van der Waals surface area (Å²) in [6.07, 6.45) is 7.79. The minimum atomic E-state index is -1.88. The largest absolute Gasteiger partial charge is 0.480 e. The molecule has 0 saturated heterocycles. The van der Waals surface area contributed by atoms with Crippen molar-refractivity contribution in [3.05, 3.63) is 11.6 Å². The van der Waals surface area contributed by atoms with E-state index in [9.17, 15) is 9.59 Å². The Kier molecular flexibility index (Phi) is 9.01. The predicted molar refractivity (Wildman–Crippen MR) is 112 cm³/mol. The molecule has 0 radical (unpaired) electrons. The highest BCUT2D eigenvalue weighted by molar-refractivity contribution is 6.74. The molecule has 2 N–H and O–H groups in total. The van der Waals surface area contributed by atoms with Gasteiger partial charge in [0.15, 0.2) is 8.32 Å². The second kappa shape index (κ2) is 10.3. The van der Waals surface area contributed by atoms with Gasteiger partial charge in [-0.3, -0.25) is 4.79 Å². The molecule has 1 atom stereocenters. The van der Waals surface area contributed by atoms with Gasteiger partial charge in [-0.05, 0) is 57.2 Å². The molecule has 0 bridgehead atoms. The molecule has 0 saturated carbocycles. The molecule has 0 unspecified atom stereocenters. The summed E-state index contributed by atoms with van der Waals surface area (Å²) < 4.78 is 6.21. The van der Waals surface area contributed by atoms with Gasteiger partial charge in [0.05, 0.1) is 6.61 Å². The second-order valence-electron chi connectivity index (χ2n) is 8.96. The van der Waals surface area contributed by atoms with Crippen molar-refractivity contribution < 1.29 is 19.1 Å². The van der Waals surface area contributed by atoms with Gasteiger partial charge in [0, 0.05) is 13.1 Å². The number of hydrogen-bond donors (Lipinski definition) is 2. The minimum Gasteiger partial charge on any atom is -0.480 e. The number of carboxylic acid groups (broad SMARTS) is 1. The number of nitrogens with one attached hydrogen (secondary N) is 1. The molecular weight excluding hydrogens is 360 g/mol. The summed E-state index contributed by atoms with van der Waals surface area (Å²) in [5, 5.41) is 11.7. The molecule has 1 rings (SSSR count). The molecule has 7 heteroatoms. The summed E-state index contributed by atoms with van der Waals surface area (Å²) in [4.78, 5) is 25.3. The molecule has 0 fully saturated rings. The van der Waals surface area contributed by atoms with Crippen LogP contribution in [-0.2, 0) is 9.22 Å². The molecule has 27 heavy (non-hydrogen) atoms. The number of nitrogens with zero attached hydrogens (tertiary/aromatic N) is 1. The highest BCUT2D eigenvalue weighted by Gasteiger charge is 2.37. The Morgan fingerprint density at radius 3 is 2.48 bits per heavy atom. The van der Waals surface area contributed by atoms with Gasteiger partial charge >= 0.3 is 12.0 Å². The summed E-state index contributed by atoms with van der Waals surface area (Å²) >= 11 is 0. The average Bonchev–Trinajstić information content (AvgIpc) is 2.57. The predicted octanol–water partition coefficient (Wildman–Crippen LogP) is 4.38. The van der Waals surface area contributed by atoms with Crippen LogP contribution in [0.3, 0.4) is 0 Å². The summed E-state index contributed by atoms with van der Waals surface area (Å²) in [6.45, 7) is 14.0. The van der Waals surface area contributed by atoms with E-state index in [4.69, 9.17) is 9.53 Å². The summed E-state index contributed by atoms with van der Waals surface area (Å²) in [6, 6.07) is -1.24. The topological polar surface area (TPSA) is 78.9 Å². The van der Waals surface area contributed by atoms with Gasteiger partial charge in [-0.1, -0.05) is 32.4 Å². The SMILES string of the molecule is C[C@H](NC(=O)N(CCO[Si](C)(C)C(C)(C)C)CCC1=CCCCC1)C(=O)O. The Balaban J connectivity index is 2.67. The first-order valence-electron chi connectivity index (χ1n) is 10.0. The lowest BCUT2D eigenvalue weighted by molar-refractivity contribution is -0.138. The van der Waals surface area contributed by atoms with E-state index in [1.807, 2.05) is 0 Å². The summed E-state index contributed by atoms with van der Waals surface area (Å²) in [7, 11) is -1.88. The third-order valence-electron chi connectivity index (χ3n) is 5.72. The monoisotopic (exact) mass is 398 g/mol. The average molecular weight is 399 g/mol. The Morgan fingerprint density at radius 1 is 1.30 bits per heavy atom. The summed E-state index contributed by atoms with van der Waals surface area (Å²) in [5.41, 5.74) is 1.40. The third-order valence-corrected chi connectivity index (χ3v) is 10.3. The van der Waals surface area contributed by atoms with E-state index in [1.165, 1.54) is 25.3 Å². The van der Waals surface area contributed by atoms with Gasteiger partial charge in [0.1, 0.15) is 6.04 Å². The van der Waals surface area contributed by atoms with Gasteiger partial charge < -0.3 is 19.7 Å². The first-order chi connectivity index (χ1) is 12.4. The summed E-state index contributed by atoms with van der Waals surface area (Å²) in [5.74, 6) is -1.03. The van der Waals surface area contributed by atoms with E-state index in [2.05, 4.69) is 45.3 Å². The van der Waals surface area contributed by atoms with Crippen molar-refractivity contribution >= 4 is 20.3 Å². The Bertz CT molecular complexity index is 541. The number of aliphatic carboxylic acids is 1. The lowest BCUT2D eigenvalue weighted by Gasteiger charge is -2.37. The maximum Gasteiger partial charge on any atom is 0.325 e. The first-order valence-corrected chi connectivity index (χ1v) is 12.9. The lowest BCUT2D eigenvalue weighted by atomic mass is 9.97. The molecule has 1 aliphatic carbocycles.